The molecule has 0 bridgehead atoms. The Morgan fingerprint density at radius 2 is 1.95 bits per heavy atom. The third kappa shape index (κ3) is 3.03. The molecule has 0 saturated carbocycles. The lowest BCUT2D eigenvalue weighted by molar-refractivity contribution is 0.293. The molecule has 4 nitrogen and oxygen atoms in total. The van der Waals surface area contributed by atoms with Gasteiger partial charge >= 0.3 is 0 Å². The fourth-order valence-electron chi connectivity index (χ4n) is 1.89. The predicted molar refractivity (Wildman–Crippen MR) is 77.1 cm³/mol. The van der Waals surface area contributed by atoms with Crippen LogP contribution in [0.15, 0.2) is 55.1 Å². The van der Waals surface area contributed by atoms with Gasteiger partial charge < -0.3 is 4.74 Å². The molecule has 21 heavy (non-hydrogen) atoms. The summed E-state index contributed by atoms with van der Waals surface area (Å²) in [5.74, 6) is 0.948. The number of aromatic nitrogens is 3. The monoisotopic (exact) mass is 303 g/mol. The highest BCUT2D eigenvalue weighted by molar-refractivity contribution is 6.32. The van der Waals surface area contributed by atoms with E-state index in [4.69, 9.17) is 16.3 Å². The molecule has 0 aliphatic carbocycles. The number of ether oxygens (including phenoxy) is 1. The fourth-order valence-corrected chi connectivity index (χ4v) is 2.08. The summed E-state index contributed by atoms with van der Waals surface area (Å²) in [5, 5.41) is 0.575. The van der Waals surface area contributed by atoms with E-state index in [1.165, 1.54) is 12.1 Å². The van der Waals surface area contributed by atoms with Crippen LogP contribution in [0.4, 0.5) is 4.39 Å². The van der Waals surface area contributed by atoms with Gasteiger partial charge in [-0.05, 0) is 30.3 Å². The van der Waals surface area contributed by atoms with Crippen LogP contribution in [0.2, 0.25) is 5.02 Å². The first-order valence-corrected chi connectivity index (χ1v) is 6.62. The minimum absolute atomic E-state index is 0.240. The van der Waals surface area contributed by atoms with Crippen LogP contribution in [0.1, 0.15) is 5.82 Å². The average Bonchev–Trinajstić information content (AvgIpc) is 2.95. The van der Waals surface area contributed by atoms with Crippen molar-refractivity contribution in [2.24, 2.45) is 0 Å². The zero-order valence-corrected chi connectivity index (χ0v) is 11.7. The highest BCUT2D eigenvalue weighted by Crippen LogP contribution is 2.20. The van der Waals surface area contributed by atoms with Gasteiger partial charge in [-0.25, -0.2) is 9.37 Å². The van der Waals surface area contributed by atoms with Gasteiger partial charge in [0.2, 0.25) is 0 Å². The molecule has 1 aromatic carbocycles. The number of halogens is 2. The van der Waals surface area contributed by atoms with Crippen LogP contribution in [0.5, 0.6) is 5.75 Å². The number of pyridine rings is 1. The number of benzene rings is 1. The van der Waals surface area contributed by atoms with Crippen LogP contribution < -0.4 is 4.74 Å². The van der Waals surface area contributed by atoms with E-state index in [0.29, 0.717) is 16.6 Å². The van der Waals surface area contributed by atoms with Gasteiger partial charge in [-0.1, -0.05) is 11.6 Å². The Morgan fingerprint density at radius 3 is 2.71 bits per heavy atom. The number of hydrogen-bond acceptors (Lipinski definition) is 3. The second-order valence-corrected chi connectivity index (χ2v) is 4.69. The minimum atomic E-state index is -0.300. The summed E-state index contributed by atoms with van der Waals surface area (Å²) in [5.41, 5.74) is 0.731. The molecule has 0 N–H and O–H groups in total. The van der Waals surface area contributed by atoms with Gasteiger partial charge in [-0.15, -0.1) is 0 Å². The maximum Gasteiger partial charge on any atom is 0.151 e. The SMILES string of the molecule is Fc1ccc(OCc2nccn2-c2cnccc2Cl)cc1. The molecule has 2 heterocycles. The number of hydrogen-bond donors (Lipinski definition) is 0. The molecule has 0 fully saturated rings. The fraction of sp³-hybridized carbons (Fsp3) is 0.0667. The molecular weight excluding hydrogens is 293 g/mol. The lowest BCUT2D eigenvalue weighted by Crippen LogP contribution is -2.05. The summed E-state index contributed by atoms with van der Waals surface area (Å²) < 4.78 is 20.2. The summed E-state index contributed by atoms with van der Waals surface area (Å²) in [7, 11) is 0. The van der Waals surface area contributed by atoms with Crippen molar-refractivity contribution < 1.29 is 9.13 Å². The first-order chi connectivity index (χ1) is 10.2. The lowest BCUT2D eigenvalue weighted by atomic mass is 10.3. The molecule has 0 atom stereocenters. The highest BCUT2D eigenvalue weighted by Gasteiger charge is 2.09. The van der Waals surface area contributed by atoms with Crippen LogP contribution in [0.3, 0.4) is 0 Å². The molecule has 2 aromatic heterocycles. The van der Waals surface area contributed by atoms with Gasteiger partial charge in [-0.2, -0.15) is 0 Å². The minimum Gasteiger partial charge on any atom is -0.486 e. The Bertz CT molecular complexity index is 743. The van der Waals surface area contributed by atoms with Crippen LogP contribution in [0.25, 0.3) is 5.69 Å². The van der Waals surface area contributed by atoms with Crippen LogP contribution in [0, 0.1) is 5.82 Å². The Balaban J connectivity index is 1.80. The van der Waals surface area contributed by atoms with Crippen LogP contribution in [-0.4, -0.2) is 14.5 Å². The Hall–Kier alpha value is -2.40. The van der Waals surface area contributed by atoms with E-state index < -0.39 is 0 Å². The van der Waals surface area contributed by atoms with Crippen molar-refractivity contribution in [3.63, 3.8) is 0 Å². The van der Waals surface area contributed by atoms with Gasteiger partial charge in [-0.3, -0.25) is 9.55 Å². The van der Waals surface area contributed by atoms with Crippen molar-refractivity contribution in [3.8, 4) is 11.4 Å². The molecule has 0 spiro atoms. The second kappa shape index (κ2) is 5.93. The lowest BCUT2D eigenvalue weighted by Gasteiger charge is -2.10. The van der Waals surface area contributed by atoms with E-state index in [1.807, 2.05) is 0 Å². The molecule has 0 unspecified atom stereocenters. The first kappa shape index (κ1) is 13.6. The molecule has 0 amide bonds. The van der Waals surface area contributed by atoms with Crippen molar-refractivity contribution in [2.75, 3.05) is 0 Å². The highest BCUT2D eigenvalue weighted by atomic mass is 35.5. The maximum atomic E-state index is 12.8. The molecule has 3 aromatic rings. The topological polar surface area (TPSA) is 39.9 Å². The van der Waals surface area contributed by atoms with Crippen molar-refractivity contribution in [1.82, 2.24) is 14.5 Å². The third-order valence-electron chi connectivity index (χ3n) is 2.91. The quantitative estimate of drug-likeness (QED) is 0.739. The molecule has 3 rings (SSSR count). The van der Waals surface area contributed by atoms with Crippen LogP contribution >= 0.6 is 11.6 Å². The number of rotatable bonds is 4. The van der Waals surface area contributed by atoms with Crippen molar-refractivity contribution in [2.45, 2.75) is 6.61 Å². The van der Waals surface area contributed by atoms with E-state index in [-0.39, 0.29) is 12.4 Å². The van der Waals surface area contributed by atoms with E-state index in [9.17, 15) is 4.39 Å². The normalized spacial score (nSPS) is 10.6. The van der Waals surface area contributed by atoms with E-state index in [2.05, 4.69) is 9.97 Å². The van der Waals surface area contributed by atoms with Gasteiger partial charge in [0.15, 0.2) is 5.82 Å². The van der Waals surface area contributed by atoms with Crippen molar-refractivity contribution in [3.05, 3.63) is 71.8 Å². The summed E-state index contributed by atoms with van der Waals surface area (Å²) in [6, 6.07) is 7.54. The van der Waals surface area contributed by atoms with Gasteiger partial charge in [0, 0.05) is 18.6 Å². The first-order valence-electron chi connectivity index (χ1n) is 6.24. The standard InChI is InChI=1S/C15H11ClFN3O/c16-13-5-6-18-9-14(13)20-8-7-19-15(20)10-21-12-3-1-11(17)2-4-12/h1-9H,10H2. The largest absolute Gasteiger partial charge is 0.486 e. The Labute approximate surface area is 125 Å². The zero-order valence-electron chi connectivity index (χ0n) is 10.9. The summed E-state index contributed by atoms with van der Waals surface area (Å²) in [6.07, 6.45) is 6.72. The molecule has 0 saturated heterocycles. The second-order valence-electron chi connectivity index (χ2n) is 4.28. The van der Waals surface area contributed by atoms with Gasteiger partial charge in [0.1, 0.15) is 18.2 Å². The molecule has 0 aliphatic rings. The number of imidazole rings is 1. The van der Waals surface area contributed by atoms with E-state index in [1.54, 1.807) is 47.6 Å². The zero-order chi connectivity index (χ0) is 14.7. The third-order valence-corrected chi connectivity index (χ3v) is 3.23. The van der Waals surface area contributed by atoms with Gasteiger partial charge in [0.05, 0.1) is 16.9 Å². The summed E-state index contributed by atoms with van der Waals surface area (Å²) in [6.45, 7) is 0.240. The molecule has 0 aliphatic heterocycles. The summed E-state index contributed by atoms with van der Waals surface area (Å²) in [4.78, 5) is 8.30. The van der Waals surface area contributed by atoms with E-state index >= 15 is 0 Å². The van der Waals surface area contributed by atoms with Crippen LogP contribution in [-0.2, 0) is 6.61 Å². The van der Waals surface area contributed by atoms with Gasteiger partial charge in [0.25, 0.3) is 0 Å². The predicted octanol–water partition coefficient (Wildman–Crippen LogP) is 3.64. The molecule has 106 valence electrons. The molecule has 6 heteroatoms. The molecule has 0 radical (unpaired) electrons. The number of nitrogens with zero attached hydrogens (tertiary/aromatic N) is 3. The Morgan fingerprint density at radius 1 is 1.14 bits per heavy atom. The molecular formula is C15H11ClFN3O. The summed E-state index contributed by atoms with van der Waals surface area (Å²) >= 11 is 6.15. The Kier molecular flexibility index (Phi) is 3.83. The average molecular weight is 304 g/mol. The maximum absolute atomic E-state index is 12.8. The van der Waals surface area contributed by atoms with Crippen molar-refractivity contribution in [1.29, 1.82) is 0 Å². The van der Waals surface area contributed by atoms with E-state index in [0.717, 1.165) is 5.69 Å². The van der Waals surface area contributed by atoms with Crippen molar-refractivity contribution >= 4 is 11.6 Å². The smallest absolute Gasteiger partial charge is 0.151 e.